The average molecular weight is 238 g/mol. The lowest BCUT2D eigenvalue weighted by molar-refractivity contribution is -0.154. The zero-order chi connectivity index (χ0) is 13.3. The highest BCUT2D eigenvalue weighted by Gasteiger charge is 2.40. The van der Waals surface area contributed by atoms with E-state index in [2.05, 4.69) is 6.58 Å². The van der Waals surface area contributed by atoms with Crippen molar-refractivity contribution in [3.8, 4) is 0 Å². The molecule has 2 atom stereocenters. The van der Waals surface area contributed by atoms with Gasteiger partial charge in [0.05, 0.1) is 5.60 Å². The number of carbonyl (C=O) groups is 1. The third kappa shape index (κ3) is 3.70. The Balaban J connectivity index is 2.94. The van der Waals surface area contributed by atoms with Crippen LogP contribution in [0.3, 0.4) is 0 Å². The van der Waals surface area contributed by atoms with E-state index in [0.29, 0.717) is 18.4 Å². The molecule has 0 bridgehead atoms. The largest absolute Gasteiger partial charge is 0.452 e. The van der Waals surface area contributed by atoms with Crippen LogP contribution >= 0.6 is 0 Å². The Hall–Kier alpha value is -1.09. The number of hydrogen-bond acceptors (Lipinski definition) is 3. The van der Waals surface area contributed by atoms with Crippen molar-refractivity contribution >= 4 is 5.97 Å². The highest BCUT2D eigenvalue weighted by Crippen LogP contribution is 2.37. The molecule has 3 nitrogen and oxygen atoms in total. The predicted molar refractivity (Wildman–Crippen MR) is 67.5 cm³/mol. The standard InChI is InChI=1S/C14H22O3/c1-6-11-7-13(4,16)9-14(5,8-11)17-12(15)10(2)3/h8,16H,2,6-7,9H2,1,3-5H3. The van der Waals surface area contributed by atoms with E-state index in [4.69, 9.17) is 4.74 Å². The van der Waals surface area contributed by atoms with Gasteiger partial charge in [-0.25, -0.2) is 4.79 Å². The Morgan fingerprint density at radius 3 is 2.65 bits per heavy atom. The van der Waals surface area contributed by atoms with E-state index in [-0.39, 0.29) is 0 Å². The third-order valence-electron chi connectivity index (χ3n) is 2.98. The van der Waals surface area contributed by atoms with E-state index in [1.165, 1.54) is 0 Å². The summed E-state index contributed by atoms with van der Waals surface area (Å²) in [7, 11) is 0. The summed E-state index contributed by atoms with van der Waals surface area (Å²) in [6, 6.07) is 0. The van der Waals surface area contributed by atoms with E-state index in [0.717, 1.165) is 12.0 Å². The summed E-state index contributed by atoms with van der Waals surface area (Å²) in [6.07, 6.45) is 3.88. The van der Waals surface area contributed by atoms with Crippen molar-refractivity contribution in [3.63, 3.8) is 0 Å². The first-order valence-electron chi connectivity index (χ1n) is 5.99. The summed E-state index contributed by atoms with van der Waals surface area (Å²) in [5, 5.41) is 10.2. The smallest absolute Gasteiger partial charge is 0.333 e. The van der Waals surface area contributed by atoms with Crippen molar-refractivity contribution < 1.29 is 14.6 Å². The fourth-order valence-electron chi connectivity index (χ4n) is 2.43. The Morgan fingerprint density at radius 2 is 2.18 bits per heavy atom. The molecule has 0 amide bonds. The monoisotopic (exact) mass is 238 g/mol. The van der Waals surface area contributed by atoms with Crippen LogP contribution in [0.1, 0.15) is 47.0 Å². The minimum atomic E-state index is -0.815. The number of carbonyl (C=O) groups excluding carboxylic acids is 1. The third-order valence-corrected chi connectivity index (χ3v) is 2.98. The number of esters is 1. The van der Waals surface area contributed by atoms with E-state index < -0.39 is 17.2 Å². The maximum Gasteiger partial charge on any atom is 0.333 e. The highest BCUT2D eigenvalue weighted by atomic mass is 16.6. The molecule has 96 valence electrons. The normalized spacial score (nSPS) is 32.9. The van der Waals surface area contributed by atoms with Crippen molar-refractivity contribution in [1.82, 2.24) is 0 Å². The summed E-state index contributed by atoms with van der Waals surface area (Å²) >= 11 is 0. The molecule has 0 spiro atoms. The maximum atomic E-state index is 11.6. The van der Waals surface area contributed by atoms with Crippen LogP contribution in [-0.2, 0) is 9.53 Å². The fourth-order valence-corrected chi connectivity index (χ4v) is 2.43. The van der Waals surface area contributed by atoms with Gasteiger partial charge in [0.2, 0.25) is 0 Å². The molecule has 1 aliphatic rings. The zero-order valence-corrected chi connectivity index (χ0v) is 11.2. The molecule has 0 aromatic carbocycles. The van der Waals surface area contributed by atoms with Gasteiger partial charge in [-0.1, -0.05) is 19.1 Å². The number of ether oxygens (including phenoxy) is 1. The molecule has 0 aliphatic heterocycles. The van der Waals surface area contributed by atoms with Gasteiger partial charge >= 0.3 is 5.97 Å². The second kappa shape index (κ2) is 4.65. The fraction of sp³-hybridized carbons (Fsp3) is 0.643. The Kier molecular flexibility index (Phi) is 3.82. The minimum Gasteiger partial charge on any atom is -0.452 e. The van der Waals surface area contributed by atoms with E-state index in [1.807, 2.05) is 19.9 Å². The number of rotatable bonds is 3. The second-order valence-corrected chi connectivity index (χ2v) is 5.49. The van der Waals surface area contributed by atoms with Crippen LogP contribution in [0, 0.1) is 0 Å². The van der Waals surface area contributed by atoms with Gasteiger partial charge in [0.25, 0.3) is 0 Å². The van der Waals surface area contributed by atoms with Gasteiger partial charge in [-0.2, -0.15) is 0 Å². The predicted octanol–water partition coefficient (Wildman–Crippen LogP) is 2.75. The molecule has 3 heteroatoms. The average Bonchev–Trinajstić information content (AvgIpc) is 2.13. The van der Waals surface area contributed by atoms with E-state index in [1.54, 1.807) is 13.8 Å². The SMILES string of the molecule is C=C(C)C(=O)OC1(C)C=C(CC)CC(C)(O)C1. The van der Waals surface area contributed by atoms with Gasteiger partial charge in [-0.15, -0.1) is 0 Å². The molecular weight excluding hydrogens is 216 g/mol. The molecule has 17 heavy (non-hydrogen) atoms. The van der Waals surface area contributed by atoms with Crippen LogP contribution in [0.5, 0.6) is 0 Å². The molecule has 0 aromatic rings. The maximum absolute atomic E-state index is 11.6. The van der Waals surface area contributed by atoms with Gasteiger partial charge in [0.15, 0.2) is 0 Å². The molecule has 1 N–H and O–H groups in total. The van der Waals surface area contributed by atoms with E-state index in [9.17, 15) is 9.90 Å². The molecule has 0 fully saturated rings. The quantitative estimate of drug-likeness (QED) is 0.467. The van der Waals surface area contributed by atoms with Crippen LogP contribution in [0.4, 0.5) is 0 Å². The Labute approximate surface area is 103 Å². The molecule has 0 heterocycles. The van der Waals surface area contributed by atoms with Crippen LogP contribution < -0.4 is 0 Å². The minimum absolute atomic E-state index is 0.378. The summed E-state index contributed by atoms with van der Waals surface area (Å²) in [6.45, 7) is 10.8. The molecule has 1 aliphatic carbocycles. The first kappa shape index (κ1) is 14.0. The summed E-state index contributed by atoms with van der Waals surface area (Å²) in [5.74, 6) is -0.406. The lowest BCUT2D eigenvalue weighted by Gasteiger charge is -2.39. The summed E-state index contributed by atoms with van der Waals surface area (Å²) in [5.41, 5.74) is -0.0472. The number of aliphatic hydroxyl groups is 1. The molecule has 2 unspecified atom stereocenters. The van der Waals surface area contributed by atoms with Gasteiger partial charge in [-0.3, -0.25) is 0 Å². The summed E-state index contributed by atoms with van der Waals surface area (Å²) < 4.78 is 5.43. The molecule has 0 saturated carbocycles. The molecule has 0 saturated heterocycles. The van der Waals surface area contributed by atoms with Crippen LogP contribution in [0.15, 0.2) is 23.8 Å². The van der Waals surface area contributed by atoms with Gasteiger partial charge in [-0.05, 0) is 39.7 Å². The summed E-state index contributed by atoms with van der Waals surface area (Å²) in [4.78, 5) is 11.6. The first-order chi connectivity index (χ1) is 7.67. The first-order valence-corrected chi connectivity index (χ1v) is 5.99. The van der Waals surface area contributed by atoms with Gasteiger partial charge in [0.1, 0.15) is 5.60 Å². The second-order valence-electron chi connectivity index (χ2n) is 5.49. The lowest BCUT2D eigenvalue weighted by Crippen LogP contribution is -2.43. The van der Waals surface area contributed by atoms with Crippen molar-refractivity contribution in [3.05, 3.63) is 23.8 Å². The van der Waals surface area contributed by atoms with Crippen molar-refractivity contribution in [2.45, 2.75) is 58.2 Å². The van der Waals surface area contributed by atoms with Gasteiger partial charge in [0, 0.05) is 12.0 Å². The van der Waals surface area contributed by atoms with Crippen LogP contribution in [0.2, 0.25) is 0 Å². The topological polar surface area (TPSA) is 46.5 Å². The zero-order valence-electron chi connectivity index (χ0n) is 11.2. The molecular formula is C14H22O3. The Morgan fingerprint density at radius 1 is 1.59 bits per heavy atom. The van der Waals surface area contributed by atoms with E-state index >= 15 is 0 Å². The van der Waals surface area contributed by atoms with Crippen molar-refractivity contribution in [2.75, 3.05) is 0 Å². The molecule has 0 aromatic heterocycles. The van der Waals surface area contributed by atoms with Crippen LogP contribution in [-0.4, -0.2) is 22.3 Å². The number of hydrogen-bond donors (Lipinski definition) is 1. The van der Waals surface area contributed by atoms with Crippen LogP contribution in [0.25, 0.3) is 0 Å². The van der Waals surface area contributed by atoms with Gasteiger partial charge < -0.3 is 9.84 Å². The van der Waals surface area contributed by atoms with Crippen molar-refractivity contribution in [2.24, 2.45) is 0 Å². The lowest BCUT2D eigenvalue weighted by atomic mass is 9.77. The van der Waals surface area contributed by atoms with Crippen molar-refractivity contribution in [1.29, 1.82) is 0 Å². The molecule has 1 rings (SSSR count). The highest BCUT2D eigenvalue weighted by molar-refractivity contribution is 5.87. The molecule has 0 radical (unpaired) electrons. The Bertz CT molecular complexity index is 366.